The Morgan fingerprint density at radius 3 is 1.65 bits per heavy atom. The molecule has 0 aromatic rings. The smallest absolute Gasteiger partial charge is 0.0409 e. The molecule has 0 aromatic carbocycles. The van der Waals surface area contributed by atoms with Gasteiger partial charge < -0.3 is 0 Å². The summed E-state index contributed by atoms with van der Waals surface area (Å²) in [5, 5.41) is 0. The third-order valence-electron chi connectivity index (χ3n) is 4.41. The molecule has 0 radical (unpaired) electrons. The van der Waals surface area contributed by atoms with Crippen LogP contribution in [0.5, 0.6) is 0 Å². The van der Waals surface area contributed by atoms with Crippen LogP contribution in [0.4, 0.5) is 0 Å². The second-order valence-electron chi connectivity index (χ2n) is 6.50. The molecule has 0 bridgehead atoms. The second kappa shape index (κ2) is 9.97. The zero-order chi connectivity index (χ0) is 13.3. The highest BCUT2D eigenvalue weighted by atomic mass is 14.2. The van der Waals surface area contributed by atoms with E-state index in [2.05, 4.69) is 41.5 Å². The first-order chi connectivity index (χ1) is 8.03. The van der Waals surface area contributed by atoms with Gasteiger partial charge in [-0.05, 0) is 36.5 Å². The molecule has 0 rings (SSSR count). The normalized spacial score (nSPS) is 15.5. The summed E-state index contributed by atoms with van der Waals surface area (Å²) in [6, 6.07) is 0. The summed E-state index contributed by atoms with van der Waals surface area (Å²) < 4.78 is 0. The van der Waals surface area contributed by atoms with Gasteiger partial charge in [0.1, 0.15) is 0 Å². The van der Waals surface area contributed by atoms with Crippen LogP contribution in [0.3, 0.4) is 0 Å². The van der Waals surface area contributed by atoms with Crippen molar-refractivity contribution in [1.82, 2.24) is 0 Å². The van der Waals surface area contributed by atoms with Crippen molar-refractivity contribution < 1.29 is 0 Å². The van der Waals surface area contributed by atoms with Gasteiger partial charge in [-0.25, -0.2) is 0 Å². The highest BCUT2D eigenvalue weighted by Gasteiger charge is 2.16. The Hall–Kier alpha value is 0. The Morgan fingerprint density at radius 1 is 0.647 bits per heavy atom. The first-order valence-corrected chi connectivity index (χ1v) is 8.03. The van der Waals surface area contributed by atoms with Crippen LogP contribution in [0, 0.1) is 23.7 Å². The molecule has 0 saturated heterocycles. The lowest BCUT2D eigenvalue weighted by Crippen LogP contribution is -2.12. The van der Waals surface area contributed by atoms with Gasteiger partial charge in [0, 0.05) is 0 Å². The molecule has 2 unspecified atom stereocenters. The molecule has 0 N–H and O–H groups in total. The van der Waals surface area contributed by atoms with E-state index in [4.69, 9.17) is 0 Å². The van der Waals surface area contributed by atoms with Crippen LogP contribution in [0.15, 0.2) is 0 Å². The molecule has 0 saturated carbocycles. The van der Waals surface area contributed by atoms with Crippen LogP contribution in [0.1, 0.15) is 86.5 Å². The summed E-state index contributed by atoms with van der Waals surface area (Å²) in [5.41, 5.74) is 0. The summed E-state index contributed by atoms with van der Waals surface area (Å²) in [6.45, 7) is 14.2. The molecule has 0 spiro atoms. The summed E-state index contributed by atoms with van der Waals surface area (Å²) in [7, 11) is 0. The molecule has 0 heterocycles. The maximum atomic E-state index is 2.43. The highest BCUT2D eigenvalue weighted by Crippen LogP contribution is 2.29. The van der Waals surface area contributed by atoms with Gasteiger partial charge in [-0.15, -0.1) is 0 Å². The van der Waals surface area contributed by atoms with Gasteiger partial charge >= 0.3 is 0 Å². The zero-order valence-corrected chi connectivity index (χ0v) is 13.3. The standard InChI is InChI=1S/C17H36/c1-7-15(6)12-17(11-10-14(4)5)13-16(8-2)9-3/h14-17H,7-13H2,1-6H3. The van der Waals surface area contributed by atoms with Gasteiger partial charge in [0.25, 0.3) is 0 Å². The lowest BCUT2D eigenvalue weighted by Gasteiger charge is -2.25. The summed E-state index contributed by atoms with van der Waals surface area (Å²) in [6.07, 6.45) is 9.90. The molecular weight excluding hydrogens is 204 g/mol. The lowest BCUT2D eigenvalue weighted by atomic mass is 9.81. The molecule has 17 heavy (non-hydrogen) atoms. The minimum Gasteiger partial charge on any atom is -0.0651 e. The Labute approximate surface area is 111 Å². The van der Waals surface area contributed by atoms with Gasteiger partial charge in [0.2, 0.25) is 0 Å². The minimum absolute atomic E-state index is 0.871. The Kier molecular flexibility index (Phi) is 9.97. The number of rotatable bonds is 10. The van der Waals surface area contributed by atoms with Crippen molar-refractivity contribution in [3.63, 3.8) is 0 Å². The van der Waals surface area contributed by atoms with E-state index in [0.29, 0.717) is 0 Å². The van der Waals surface area contributed by atoms with E-state index < -0.39 is 0 Å². The second-order valence-corrected chi connectivity index (χ2v) is 6.50. The molecule has 0 fully saturated rings. The number of hydrogen-bond acceptors (Lipinski definition) is 0. The van der Waals surface area contributed by atoms with E-state index in [1.807, 2.05) is 0 Å². The van der Waals surface area contributed by atoms with Gasteiger partial charge in [-0.2, -0.15) is 0 Å². The van der Waals surface area contributed by atoms with E-state index in [0.717, 1.165) is 23.7 Å². The van der Waals surface area contributed by atoms with Crippen molar-refractivity contribution in [3.05, 3.63) is 0 Å². The van der Waals surface area contributed by atoms with Crippen LogP contribution in [0.2, 0.25) is 0 Å². The van der Waals surface area contributed by atoms with Gasteiger partial charge in [0.15, 0.2) is 0 Å². The van der Waals surface area contributed by atoms with E-state index in [-0.39, 0.29) is 0 Å². The molecule has 0 aliphatic heterocycles. The summed E-state index contributed by atoms with van der Waals surface area (Å²) >= 11 is 0. The third kappa shape index (κ3) is 8.69. The van der Waals surface area contributed by atoms with Crippen molar-refractivity contribution in [1.29, 1.82) is 0 Å². The van der Waals surface area contributed by atoms with Crippen LogP contribution in [-0.4, -0.2) is 0 Å². The highest BCUT2D eigenvalue weighted by molar-refractivity contribution is 4.68. The summed E-state index contributed by atoms with van der Waals surface area (Å²) in [5.74, 6) is 3.74. The van der Waals surface area contributed by atoms with Gasteiger partial charge in [-0.3, -0.25) is 0 Å². The topological polar surface area (TPSA) is 0 Å². The van der Waals surface area contributed by atoms with Crippen molar-refractivity contribution >= 4 is 0 Å². The third-order valence-corrected chi connectivity index (χ3v) is 4.41. The Bertz CT molecular complexity index is 155. The molecule has 0 amide bonds. The molecule has 0 aliphatic rings. The largest absolute Gasteiger partial charge is 0.0651 e. The first-order valence-electron chi connectivity index (χ1n) is 8.03. The van der Waals surface area contributed by atoms with Crippen LogP contribution < -0.4 is 0 Å². The SMILES string of the molecule is CCC(C)CC(CCC(C)C)CC(CC)CC. The van der Waals surface area contributed by atoms with Crippen LogP contribution in [0.25, 0.3) is 0 Å². The molecule has 0 aromatic heterocycles. The van der Waals surface area contributed by atoms with Crippen molar-refractivity contribution in [2.24, 2.45) is 23.7 Å². The fourth-order valence-corrected chi connectivity index (χ4v) is 2.73. The maximum absolute atomic E-state index is 2.43. The quantitative estimate of drug-likeness (QED) is 0.420. The Morgan fingerprint density at radius 2 is 1.24 bits per heavy atom. The predicted molar refractivity (Wildman–Crippen MR) is 80.3 cm³/mol. The minimum atomic E-state index is 0.871. The molecule has 0 nitrogen and oxygen atoms in total. The van der Waals surface area contributed by atoms with Crippen LogP contribution in [-0.2, 0) is 0 Å². The van der Waals surface area contributed by atoms with Crippen LogP contribution >= 0.6 is 0 Å². The fraction of sp³-hybridized carbons (Fsp3) is 1.00. The molecule has 104 valence electrons. The Balaban J connectivity index is 4.17. The first kappa shape index (κ1) is 17.0. The van der Waals surface area contributed by atoms with E-state index in [9.17, 15) is 0 Å². The average Bonchev–Trinajstić information content (AvgIpc) is 2.32. The van der Waals surface area contributed by atoms with Crippen molar-refractivity contribution in [2.75, 3.05) is 0 Å². The lowest BCUT2D eigenvalue weighted by molar-refractivity contribution is 0.271. The molecule has 0 aliphatic carbocycles. The average molecular weight is 240 g/mol. The summed E-state index contributed by atoms with van der Waals surface area (Å²) in [4.78, 5) is 0. The van der Waals surface area contributed by atoms with Crippen molar-refractivity contribution in [3.8, 4) is 0 Å². The van der Waals surface area contributed by atoms with E-state index >= 15 is 0 Å². The molecular formula is C17H36. The fourth-order valence-electron chi connectivity index (χ4n) is 2.73. The molecule has 2 atom stereocenters. The van der Waals surface area contributed by atoms with Gasteiger partial charge in [0.05, 0.1) is 0 Å². The number of hydrogen-bond donors (Lipinski definition) is 0. The predicted octanol–water partition coefficient (Wildman–Crippen LogP) is 6.30. The van der Waals surface area contributed by atoms with Crippen molar-refractivity contribution in [2.45, 2.75) is 86.5 Å². The van der Waals surface area contributed by atoms with E-state index in [1.54, 1.807) is 0 Å². The van der Waals surface area contributed by atoms with E-state index in [1.165, 1.54) is 44.9 Å². The zero-order valence-electron chi connectivity index (χ0n) is 13.3. The maximum Gasteiger partial charge on any atom is -0.0409 e. The molecule has 0 heteroatoms. The van der Waals surface area contributed by atoms with Gasteiger partial charge in [-0.1, -0.05) is 73.6 Å². The monoisotopic (exact) mass is 240 g/mol.